The summed E-state index contributed by atoms with van der Waals surface area (Å²) in [5, 5.41) is 10.4. The molecule has 0 heterocycles. The lowest BCUT2D eigenvalue weighted by Crippen LogP contribution is -2.05. The van der Waals surface area contributed by atoms with Crippen LogP contribution < -0.4 is 9.47 Å². The number of hydrogen-bond donors (Lipinski definition) is 0. The van der Waals surface area contributed by atoms with Crippen molar-refractivity contribution in [1.82, 2.24) is 0 Å². The summed E-state index contributed by atoms with van der Waals surface area (Å²) in [7, 11) is 0. The van der Waals surface area contributed by atoms with Crippen molar-refractivity contribution in [3.8, 4) is 11.5 Å². The third-order valence-electron chi connectivity index (χ3n) is 2.51. The van der Waals surface area contributed by atoms with Gasteiger partial charge in [-0.15, -0.1) is 0 Å². The van der Waals surface area contributed by atoms with Gasteiger partial charge in [-0.1, -0.05) is 19.9 Å². The van der Waals surface area contributed by atoms with E-state index >= 15 is 0 Å². The number of benzene rings is 1. The molecule has 0 N–H and O–H groups in total. The number of hydrogen-bond acceptors (Lipinski definition) is 4. The SMILES string of the molecule is CCCOc1ccc(CC[N+](=O)[O-])cc1OCCC. The molecule has 0 fully saturated rings. The average Bonchev–Trinajstić information content (AvgIpc) is 2.41. The highest BCUT2D eigenvalue weighted by molar-refractivity contribution is 5.43. The molecule has 0 aliphatic rings. The Balaban J connectivity index is 2.77. The van der Waals surface area contributed by atoms with E-state index in [0.29, 0.717) is 31.1 Å². The molecule has 5 heteroatoms. The van der Waals surface area contributed by atoms with E-state index in [4.69, 9.17) is 9.47 Å². The Labute approximate surface area is 113 Å². The van der Waals surface area contributed by atoms with Crippen molar-refractivity contribution in [3.63, 3.8) is 0 Å². The van der Waals surface area contributed by atoms with Crippen LogP contribution in [0.15, 0.2) is 18.2 Å². The molecule has 1 rings (SSSR count). The quantitative estimate of drug-likeness (QED) is 0.509. The third kappa shape index (κ3) is 5.59. The van der Waals surface area contributed by atoms with E-state index in [1.165, 1.54) is 0 Å². The van der Waals surface area contributed by atoms with Crippen LogP contribution in [0, 0.1) is 10.1 Å². The summed E-state index contributed by atoms with van der Waals surface area (Å²) >= 11 is 0. The molecule has 0 saturated carbocycles. The second kappa shape index (κ2) is 8.34. The molecule has 0 amide bonds. The molecule has 0 spiro atoms. The van der Waals surface area contributed by atoms with Gasteiger partial charge < -0.3 is 9.47 Å². The summed E-state index contributed by atoms with van der Waals surface area (Å²) in [5.74, 6) is 1.39. The summed E-state index contributed by atoms with van der Waals surface area (Å²) in [6.07, 6.45) is 2.24. The van der Waals surface area contributed by atoms with Gasteiger partial charge in [0, 0.05) is 11.3 Å². The molecule has 0 aliphatic heterocycles. The first-order valence-corrected chi connectivity index (χ1v) is 6.67. The second-order valence-electron chi connectivity index (χ2n) is 4.28. The van der Waals surface area contributed by atoms with Gasteiger partial charge in [-0.25, -0.2) is 0 Å². The van der Waals surface area contributed by atoms with E-state index in [0.717, 1.165) is 18.4 Å². The monoisotopic (exact) mass is 267 g/mol. The molecule has 1 aromatic rings. The summed E-state index contributed by atoms with van der Waals surface area (Å²) in [5.41, 5.74) is 0.895. The van der Waals surface area contributed by atoms with Crippen molar-refractivity contribution in [2.45, 2.75) is 33.1 Å². The van der Waals surface area contributed by atoms with E-state index in [1.54, 1.807) is 0 Å². The van der Waals surface area contributed by atoms with Gasteiger partial charge in [0.05, 0.1) is 13.2 Å². The van der Waals surface area contributed by atoms with E-state index < -0.39 is 0 Å². The van der Waals surface area contributed by atoms with Gasteiger partial charge in [-0.2, -0.15) is 0 Å². The van der Waals surface area contributed by atoms with Crippen molar-refractivity contribution in [3.05, 3.63) is 33.9 Å². The summed E-state index contributed by atoms with van der Waals surface area (Å²) in [6.45, 7) is 5.25. The fourth-order valence-corrected chi connectivity index (χ4v) is 1.58. The van der Waals surface area contributed by atoms with Gasteiger partial charge >= 0.3 is 0 Å². The van der Waals surface area contributed by atoms with Gasteiger partial charge in [-0.3, -0.25) is 10.1 Å². The molecule has 106 valence electrons. The van der Waals surface area contributed by atoms with Crippen LogP contribution in [0.2, 0.25) is 0 Å². The van der Waals surface area contributed by atoms with Crippen molar-refractivity contribution >= 4 is 0 Å². The van der Waals surface area contributed by atoms with Crippen LogP contribution in [-0.2, 0) is 6.42 Å². The van der Waals surface area contributed by atoms with Gasteiger partial charge in [0.15, 0.2) is 11.5 Å². The number of nitro groups is 1. The minimum absolute atomic E-state index is 0.0671. The molecule has 0 aromatic heterocycles. The van der Waals surface area contributed by atoms with Gasteiger partial charge in [0.2, 0.25) is 6.54 Å². The first kappa shape index (κ1) is 15.3. The molecule has 0 saturated heterocycles. The van der Waals surface area contributed by atoms with Crippen molar-refractivity contribution < 1.29 is 14.4 Å². The Morgan fingerprint density at radius 1 is 1.11 bits per heavy atom. The predicted octanol–water partition coefficient (Wildman–Crippen LogP) is 3.08. The number of rotatable bonds is 9. The summed E-state index contributed by atoms with van der Waals surface area (Å²) in [4.78, 5) is 10.1. The van der Waals surface area contributed by atoms with Crippen LogP contribution in [0.1, 0.15) is 32.3 Å². The Kier molecular flexibility index (Phi) is 6.71. The van der Waals surface area contributed by atoms with E-state index in [1.807, 2.05) is 32.0 Å². The normalized spacial score (nSPS) is 10.2. The minimum atomic E-state index is -0.311. The fraction of sp³-hybridized carbons (Fsp3) is 0.571. The predicted molar refractivity (Wildman–Crippen MR) is 73.6 cm³/mol. The zero-order chi connectivity index (χ0) is 14.1. The molecule has 0 aliphatic carbocycles. The standard InChI is InChI=1S/C14H21NO4/c1-3-9-18-13-6-5-12(7-8-15(16)17)11-14(13)19-10-4-2/h5-6,11H,3-4,7-10H2,1-2H3. The lowest BCUT2D eigenvalue weighted by molar-refractivity contribution is -0.479. The van der Waals surface area contributed by atoms with Crippen LogP contribution >= 0.6 is 0 Å². The first-order chi connectivity index (χ1) is 9.17. The van der Waals surface area contributed by atoms with E-state index in [-0.39, 0.29) is 11.5 Å². The maximum atomic E-state index is 10.4. The topological polar surface area (TPSA) is 61.6 Å². The molecule has 5 nitrogen and oxygen atoms in total. The van der Waals surface area contributed by atoms with Crippen LogP contribution in [-0.4, -0.2) is 24.7 Å². The maximum absolute atomic E-state index is 10.4. The van der Waals surface area contributed by atoms with Gasteiger partial charge in [0.1, 0.15) is 0 Å². The van der Waals surface area contributed by atoms with Crippen molar-refractivity contribution in [1.29, 1.82) is 0 Å². The zero-order valence-electron chi connectivity index (χ0n) is 11.6. The lowest BCUT2D eigenvalue weighted by atomic mass is 10.1. The minimum Gasteiger partial charge on any atom is -0.490 e. The molecular weight excluding hydrogens is 246 g/mol. The summed E-state index contributed by atoms with van der Waals surface area (Å²) < 4.78 is 11.2. The Morgan fingerprint density at radius 2 is 1.74 bits per heavy atom. The third-order valence-corrected chi connectivity index (χ3v) is 2.51. The first-order valence-electron chi connectivity index (χ1n) is 6.67. The van der Waals surface area contributed by atoms with Crippen LogP contribution in [0.25, 0.3) is 0 Å². The zero-order valence-corrected chi connectivity index (χ0v) is 11.6. The number of ether oxygens (including phenoxy) is 2. The van der Waals surface area contributed by atoms with Crippen LogP contribution in [0.5, 0.6) is 11.5 Å². The largest absolute Gasteiger partial charge is 0.490 e. The Hall–Kier alpha value is -1.78. The van der Waals surface area contributed by atoms with Crippen LogP contribution in [0.4, 0.5) is 0 Å². The van der Waals surface area contributed by atoms with Crippen molar-refractivity contribution in [2.75, 3.05) is 19.8 Å². The van der Waals surface area contributed by atoms with Gasteiger partial charge in [0.25, 0.3) is 0 Å². The Morgan fingerprint density at radius 3 is 2.32 bits per heavy atom. The molecule has 0 radical (unpaired) electrons. The lowest BCUT2D eigenvalue weighted by Gasteiger charge is -2.13. The summed E-state index contributed by atoms with van der Waals surface area (Å²) in [6, 6.07) is 5.52. The molecular formula is C14H21NO4. The molecule has 0 atom stereocenters. The highest BCUT2D eigenvalue weighted by atomic mass is 16.6. The van der Waals surface area contributed by atoms with Crippen LogP contribution in [0.3, 0.4) is 0 Å². The highest BCUT2D eigenvalue weighted by Crippen LogP contribution is 2.29. The fourth-order valence-electron chi connectivity index (χ4n) is 1.58. The molecule has 1 aromatic carbocycles. The molecule has 19 heavy (non-hydrogen) atoms. The van der Waals surface area contributed by atoms with E-state index in [9.17, 15) is 10.1 Å². The smallest absolute Gasteiger partial charge is 0.207 e. The molecule has 0 unspecified atom stereocenters. The second-order valence-corrected chi connectivity index (χ2v) is 4.28. The average molecular weight is 267 g/mol. The van der Waals surface area contributed by atoms with Gasteiger partial charge in [-0.05, 0) is 30.5 Å². The number of nitrogens with zero attached hydrogens (tertiary/aromatic N) is 1. The van der Waals surface area contributed by atoms with E-state index in [2.05, 4.69) is 0 Å². The maximum Gasteiger partial charge on any atom is 0.207 e. The Bertz CT molecular complexity index is 406. The van der Waals surface area contributed by atoms with Crippen molar-refractivity contribution in [2.24, 2.45) is 0 Å². The highest BCUT2D eigenvalue weighted by Gasteiger charge is 2.08. The molecule has 0 bridgehead atoms.